The number of halogens is 1. The number of nitrogens with zero attached hydrogens (tertiary/aromatic N) is 1. The molecule has 0 aliphatic heterocycles. The van der Waals surface area contributed by atoms with Crippen molar-refractivity contribution in [1.82, 2.24) is 10.2 Å². The third-order valence-corrected chi connectivity index (χ3v) is 5.31. The zero-order valence-electron chi connectivity index (χ0n) is 12.9. The Balaban J connectivity index is 1.90. The number of benzene rings is 1. The normalized spacial score (nSPS) is 14.7. The van der Waals surface area contributed by atoms with Crippen molar-refractivity contribution in [2.45, 2.75) is 31.6 Å². The van der Waals surface area contributed by atoms with Gasteiger partial charge in [0.15, 0.2) is 0 Å². The number of rotatable bonds is 6. The Hall–Kier alpha value is -2.09. The molecule has 0 amide bonds. The number of aromatic amines is 1. The Morgan fingerprint density at radius 3 is 2.74 bits per heavy atom. The molecule has 2 N–H and O–H groups in total. The summed E-state index contributed by atoms with van der Waals surface area (Å²) >= 11 is 0. The number of hydrogen-bond donors (Lipinski definition) is 2. The van der Waals surface area contributed by atoms with Crippen molar-refractivity contribution in [1.29, 1.82) is 0 Å². The van der Waals surface area contributed by atoms with Crippen LogP contribution in [-0.2, 0) is 10.0 Å². The second kappa shape index (κ2) is 5.84. The summed E-state index contributed by atoms with van der Waals surface area (Å²) < 4.78 is 46.7. The van der Waals surface area contributed by atoms with E-state index in [-0.39, 0.29) is 10.6 Å². The van der Waals surface area contributed by atoms with Crippen molar-refractivity contribution in [3.05, 3.63) is 35.4 Å². The van der Waals surface area contributed by atoms with Crippen LogP contribution in [0.3, 0.4) is 0 Å². The largest absolute Gasteiger partial charge is 0.491 e. The van der Waals surface area contributed by atoms with Crippen LogP contribution in [0.2, 0.25) is 0 Å². The molecule has 0 unspecified atom stereocenters. The van der Waals surface area contributed by atoms with Crippen molar-refractivity contribution in [2.24, 2.45) is 5.92 Å². The molecule has 1 aromatic carbocycles. The molecular weight excluding hydrogens is 321 g/mol. The Morgan fingerprint density at radius 2 is 2.13 bits per heavy atom. The zero-order valence-corrected chi connectivity index (χ0v) is 13.7. The molecule has 2 aromatic rings. The lowest BCUT2D eigenvalue weighted by Gasteiger charge is -2.14. The minimum absolute atomic E-state index is 0.0647. The number of nitrogens with one attached hydrogen (secondary N) is 2. The molecule has 1 heterocycles. The average molecular weight is 339 g/mol. The van der Waals surface area contributed by atoms with Crippen molar-refractivity contribution in [3.8, 4) is 5.75 Å². The van der Waals surface area contributed by atoms with Gasteiger partial charge in [-0.25, -0.2) is 12.8 Å². The molecule has 124 valence electrons. The molecule has 1 aromatic heterocycles. The SMILES string of the molecule is Cc1n[nH]c(C)c1S(=O)(=O)Nc1cc(F)ccc1OCC1CC1. The highest BCUT2D eigenvalue weighted by atomic mass is 32.2. The number of hydrogen-bond acceptors (Lipinski definition) is 4. The fourth-order valence-corrected chi connectivity index (χ4v) is 3.77. The van der Waals surface area contributed by atoms with Crippen molar-refractivity contribution < 1.29 is 17.5 Å². The van der Waals surface area contributed by atoms with Crippen LogP contribution in [0.25, 0.3) is 0 Å². The van der Waals surface area contributed by atoms with E-state index < -0.39 is 15.8 Å². The number of ether oxygens (including phenoxy) is 1. The van der Waals surface area contributed by atoms with Crippen LogP contribution in [0.5, 0.6) is 5.75 Å². The van der Waals surface area contributed by atoms with Crippen LogP contribution in [-0.4, -0.2) is 25.2 Å². The van der Waals surface area contributed by atoms with Gasteiger partial charge in [0.2, 0.25) is 0 Å². The summed E-state index contributed by atoms with van der Waals surface area (Å²) in [5.41, 5.74) is 0.865. The van der Waals surface area contributed by atoms with E-state index in [1.165, 1.54) is 12.1 Å². The molecule has 1 aliphatic carbocycles. The van der Waals surface area contributed by atoms with E-state index in [0.29, 0.717) is 29.7 Å². The highest BCUT2D eigenvalue weighted by Crippen LogP contribution is 2.33. The van der Waals surface area contributed by atoms with Crippen LogP contribution < -0.4 is 9.46 Å². The van der Waals surface area contributed by atoms with E-state index in [0.717, 1.165) is 18.9 Å². The van der Waals surface area contributed by atoms with Gasteiger partial charge in [-0.05, 0) is 44.7 Å². The third-order valence-electron chi connectivity index (χ3n) is 3.69. The number of anilines is 1. The van der Waals surface area contributed by atoms with Gasteiger partial charge in [0.1, 0.15) is 16.5 Å². The van der Waals surface area contributed by atoms with Crippen LogP contribution in [0.1, 0.15) is 24.2 Å². The van der Waals surface area contributed by atoms with E-state index in [4.69, 9.17) is 4.74 Å². The molecule has 1 aliphatic rings. The lowest BCUT2D eigenvalue weighted by atomic mass is 10.3. The molecule has 8 heteroatoms. The maximum atomic E-state index is 13.5. The van der Waals surface area contributed by atoms with E-state index >= 15 is 0 Å². The zero-order chi connectivity index (χ0) is 16.6. The maximum Gasteiger partial charge on any atom is 0.265 e. The van der Waals surface area contributed by atoms with Crippen LogP contribution in [0, 0.1) is 25.6 Å². The molecule has 1 fully saturated rings. The van der Waals surface area contributed by atoms with E-state index in [1.54, 1.807) is 13.8 Å². The first-order valence-electron chi connectivity index (χ1n) is 7.33. The van der Waals surface area contributed by atoms with Gasteiger partial charge < -0.3 is 4.74 Å². The van der Waals surface area contributed by atoms with E-state index in [2.05, 4.69) is 14.9 Å². The predicted octanol–water partition coefficient (Wildman–Crippen LogP) is 2.76. The summed E-state index contributed by atoms with van der Waals surface area (Å²) in [5.74, 6) is 0.283. The van der Waals surface area contributed by atoms with E-state index in [9.17, 15) is 12.8 Å². The molecule has 0 atom stereocenters. The highest BCUT2D eigenvalue weighted by Gasteiger charge is 2.25. The van der Waals surface area contributed by atoms with Gasteiger partial charge in [-0.2, -0.15) is 5.10 Å². The van der Waals surface area contributed by atoms with Crippen LogP contribution >= 0.6 is 0 Å². The summed E-state index contributed by atoms with van der Waals surface area (Å²) in [6.45, 7) is 3.71. The minimum Gasteiger partial charge on any atom is -0.491 e. The predicted molar refractivity (Wildman–Crippen MR) is 83.5 cm³/mol. The van der Waals surface area contributed by atoms with E-state index in [1.807, 2.05) is 0 Å². The van der Waals surface area contributed by atoms with Gasteiger partial charge >= 0.3 is 0 Å². The Morgan fingerprint density at radius 1 is 1.39 bits per heavy atom. The average Bonchev–Trinajstić information content (AvgIpc) is 3.22. The minimum atomic E-state index is -3.88. The molecule has 3 rings (SSSR count). The molecule has 0 spiro atoms. The fraction of sp³-hybridized carbons (Fsp3) is 0.400. The summed E-state index contributed by atoms with van der Waals surface area (Å²) in [5, 5.41) is 6.51. The van der Waals surface area contributed by atoms with Gasteiger partial charge in [-0.3, -0.25) is 9.82 Å². The first-order valence-corrected chi connectivity index (χ1v) is 8.82. The fourth-order valence-electron chi connectivity index (χ4n) is 2.33. The van der Waals surface area contributed by atoms with Crippen LogP contribution in [0.4, 0.5) is 10.1 Å². The summed E-state index contributed by atoms with van der Waals surface area (Å²) in [7, 11) is -3.88. The highest BCUT2D eigenvalue weighted by molar-refractivity contribution is 7.92. The smallest absolute Gasteiger partial charge is 0.265 e. The summed E-state index contributed by atoms with van der Waals surface area (Å²) in [6.07, 6.45) is 2.21. The molecule has 0 radical (unpaired) electrons. The monoisotopic (exact) mass is 339 g/mol. The molecule has 6 nitrogen and oxygen atoms in total. The van der Waals surface area contributed by atoms with Crippen molar-refractivity contribution >= 4 is 15.7 Å². The maximum absolute atomic E-state index is 13.5. The van der Waals surface area contributed by atoms with Crippen LogP contribution in [0.15, 0.2) is 23.1 Å². The van der Waals surface area contributed by atoms with Gasteiger partial charge in [-0.15, -0.1) is 0 Å². The third kappa shape index (κ3) is 3.47. The molecular formula is C15H18FN3O3S. The molecule has 0 saturated heterocycles. The second-order valence-electron chi connectivity index (χ2n) is 5.76. The van der Waals surface area contributed by atoms with Crippen molar-refractivity contribution in [3.63, 3.8) is 0 Å². The lowest BCUT2D eigenvalue weighted by molar-refractivity contribution is 0.301. The number of sulfonamides is 1. The topological polar surface area (TPSA) is 84.1 Å². The van der Waals surface area contributed by atoms with Gasteiger partial charge in [0.05, 0.1) is 23.7 Å². The molecule has 0 bridgehead atoms. The first kappa shape index (κ1) is 15.8. The summed E-state index contributed by atoms with van der Waals surface area (Å²) in [6, 6.07) is 3.80. The first-order chi connectivity index (χ1) is 10.9. The van der Waals surface area contributed by atoms with Gasteiger partial charge in [0.25, 0.3) is 10.0 Å². The van der Waals surface area contributed by atoms with Crippen molar-refractivity contribution in [2.75, 3.05) is 11.3 Å². The molecule has 23 heavy (non-hydrogen) atoms. The summed E-state index contributed by atoms with van der Waals surface area (Å²) in [4.78, 5) is 0.0647. The molecule has 1 saturated carbocycles. The van der Waals surface area contributed by atoms with Gasteiger partial charge in [0, 0.05) is 6.07 Å². The second-order valence-corrected chi connectivity index (χ2v) is 7.38. The number of H-pyrrole nitrogens is 1. The van der Waals surface area contributed by atoms with Gasteiger partial charge in [-0.1, -0.05) is 0 Å². The Kier molecular flexibility index (Phi) is 4.01. The number of aromatic nitrogens is 2. The Labute approximate surface area is 134 Å². The standard InChI is InChI=1S/C15H18FN3O3S/c1-9-15(10(2)18-17-9)23(20,21)19-13-7-12(16)5-6-14(13)22-8-11-3-4-11/h5-7,11,19H,3-4,8H2,1-2H3,(H,17,18). The quantitative estimate of drug-likeness (QED) is 0.847. The lowest BCUT2D eigenvalue weighted by Crippen LogP contribution is -2.16. The number of aryl methyl sites for hydroxylation is 2. The Bertz CT molecular complexity index is 809.